The van der Waals surface area contributed by atoms with Gasteiger partial charge in [-0.1, -0.05) is 26.0 Å². The molecule has 0 radical (unpaired) electrons. The third-order valence-corrected chi connectivity index (χ3v) is 7.12. The Bertz CT molecular complexity index is 1090. The molecule has 2 aromatic carbocycles. The van der Waals surface area contributed by atoms with Crippen molar-refractivity contribution in [1.29, 1.82) is 0 Å². The Balaban J connectivity index is 1.76. The Hall–Kier alpha value is -2.77. The van der Waals surface area contributed by atoms with Gasteiger partial charge in [-0.25, -0.2) is 13.5 Å². The second-order valence-corrected chi connectivity index (χ2v) is 9.57. The quantitative estimate of drug-likeness (QED) is 0.416. The maximum Gasteiger partial charge on any atom is 0.137 e. The van der Waals surface area contributed by atoms with Crippen molar-refractivity contribution in [1.82, 2.24) is 19.6 Å². The SMILES string of the molecule is CCc1nn(-c2ccc(F)cc2)c(N2CCN(C)CC2)c1CN(Cc1ccc(F)cc1)[C@@H](C)CC. The van der Waals surface area contributed by atoms with Crippen LogP contribution in [-0.4, -0.2) is 58.8 Å². The fraction of sp³-hybridized carbons (Fsp3) is 0.464. The van der Waals surface area contributed by atoms with Crippen molar-refractivity contribution in [2.24, 2.45) is 0 Å². The molecule has 1 aliphatic rings. The van der Waals surface area contributed by atoms with Crippen molar-refractivity contribution in [3.05, 3.63) is 77.0 Å². The summed E-state index contributed by atoms with van der Waals surface area (Å²) in [5.41, 5.74) is 4.26. The Morgan fingerprint density at radius 1 is 0.886 bits per heavy atom. The molecule has 0 saturated carbocycles. The summed E-state index contributed by atoms with van der Waals surface area (Å²) in [4.78, 5) is 7.23. The van der Waals surface area contributed by atoms with E-state index in [4.69, 9.17) is 5.10 Å². The molecule has 0 N–H and O–H groups in total. The standard InChI is InChI=1S/C28H37F2N5/c1-5-21(3)34(19-22-7-9-23(29)10-8-22)20-26-27(6-2)31-35(25-13-11-24(30)12-14-25)28(26)33-17-15-32(4)16-18-33/h7-14,21H,5-6,15-20H2,1-4H3/t21-/m0/s1. The lowest BCUT2D eigenvalue weighted by Crippen LogP contribution is -2.45. The summed E-state index contributed by atoms with van der Waals surface area (Å²) < 4.78 is 29.2. The van der Waals surface area contributed by atoms with Gasteiger partial charge < -0.3 is 9.80 Å². The summed E-state index contributed by atoms with van der Waals surface area (Å²) in [6, 6.07) is 13.7. The van der Waals surface area contributed by atoms with Crippen LogP contribution in [0.4, 0.5) is 14.6 Å². The van der Waals surface area contributed by atoms with Gasteiger partial charge in [-0.05, 0) is 68.8 Å². The smallest absolute Gasteiger partial charge is 0.137 e. The molecule has 0 unspecified atom stereocenters. The van der Waals surface area contributed by atoms with Crippen molar-refractivity contribution >= 4 is 5.82 Å². The fourth-order valence-electron chi connectivity index (χ4n) is 4.69. The second kappa shape index (κ2) is 11.3. The number of benzene rings is 2. The van der Waals surface area contributed by atoms with Crippen LogP contribution in [0.15, 0.2) is 48.5 Å². The summed E-state index contributed by atoms with van der Waals surface area (Å²) in [5.74, 6) is 0.643. The zero-order chi connectivity index (χ0) is 24.9. The summed E-state index contributed by atoms with van der Waals surface area (Å²) in [6.45, 7) is 11.9. The molecule has 2 heterocycles. The zero-order valence-corrected chi connectivity index (χ0v) is 21.3. The molecule has 7 heteroatoms. The van der Waals surface area contributed by atoms with Crippen LogP contribution in [0.3, 0.4) is 0 Å². The number of aromatic nitrogens is 2. The second-order valence-electron chi connectivity index (χ2n) is 9.57. The van der Waals surface area contributed by atoms with E-state index in [0.717, 1.165) is 74.9 Å². The largest absolute Gasteiger partial charge is 0.354 e. The lowest BCUT2D eigenvalue weighted by Gasteiger charge is -2.36. The predicted molar refractivity (Wildman–Crippen MR) is 138 cm³/mol. The van der Waals surface area contributed by atoms with Gasteiger partial charge in [0, 0.05) is 50.9 Å². The van der Waals surface area contributed by atoms with Gasteiger partial charge in [0.15, 0.2) is 0 Å². The topological polar surface area (TPSA) is 27.5 Å². The lowest BCUT2D eigenvalue weighted by atomic mass is 10.1. The van der Waals surface area contributed by atoms with E-state index >= 15 is 0 Å². The number of nitrogens with zero attached hydrogens (tertiary/aromatic N) is 5. The van der Waals surface area contributed by atoms with Gasteiger partial charge in [-0.15, -0.1) is 0 Å². The van der Waals surface area contributed by atoms with Crippen LogP contribution in [-0.2, 0) is 19.5 Å². The maximum atomic E-state index is 13.7. The molecule has 1 aliphatic heterocycles. The monoisotopic (exact) mass is 481 g/mol. The number of halogens is 2. The average Bonchev–Trinajstić information content (AvgIpc) is 3.23. The highest BCUT2D eigenvalue weighted by molar-refractivity contribution is 5.56. The molecule has 3 aromatic rings. The van der Waals surface area contributed by atoms with Crippen LogP contribution < -0.4 is 4.90 Å². The van der Waals surface area contributed by atoms with Crippen LogP contribution >= 0.6 is 0 Å². The minimum Gasteiger partial charge on any atom is -0.354 e. The first-order valence-corrected chi connectivity index (χ1v) is 12.7. The van der Waals surface area contributed by atoms with E-state index in [1.54, 1.807) is 12.1 Å². The highest BCUT2D eigenvalue weighted by atomic mass is 19.1. The maximum absolute atomic E-state index is 13.7. The third kappa shape index (κ3) is 5.90. The van der Waals surface area contributed by atoms with Gasteiger partial charge in [0.25, 0.3) is 0 Å². The van der Waals surface area contributed by atoms with Crippen LogP contribution in [0.2, 0.25) is 0 Å². The highest BCUT2D eigenvalue weighted by Gasteiger charge is 2.27. The summed E-state index contributed by atoms with van der Waals surface area (Å²) in [5, 5.41) is 5.04. The average molecular weight is 482 g/mol. The fourth-order valence-corrected chi connectivity index (χ4v) is 4.69. The molecule has 4 rings (SSSR count). The molecule has 0 spiro atoms. The minimum absolute atomic E-state index is 0.213. The molecule has 1 atom stereocenters. The number of piperazine rings is 1. The molecule has 35 heavy (non-hydrogen) atoms. The Labute approximate surface area is 208 Å². The normalized spacial score (nSPS) is 15.7. The molecular weight excluding hydrogens is 444 g/mol. The van der Waals surface area contributed by atoms with E-state index in [1.807, 2.05) is 16.8 Å². The Morgan fingerprint density at radius 3 is 2.06 bits per heavy atom. The molecule has 1 fully saturated rings. The summed E-state index contributed by atoms with van der Waals surface area (Å²) in [6.07, 6.45) is 1.83. The first-order chi connectivity index (χ1) is 16.9. The molecule has 188 valence electrons. The third-order valence-electron chi connectivity index (χ3n) is 7.12. The summed E-state index contributed by atoms with van der Waals surface area (Å²) >= 11 is 0. The van der Waals surface area contributed by atoms with E-state index in [2.05, 4.69) is 42.5 Å². The van der Waals surface area contributed by atoms with Crippen molar-refractivity contribution < 1.29 is 8.78 Å². The summed E-state index contributed by atoms with van der Waals surface area (Å²) in [7, 11) is 2.15. The van der Waals surface area contributed by atoms with Crippen molar-refractivity contribution in [2.75, 3.05) is 38.1 Å². The van der Waals surface area contributed by atoms with E-state index < -0.39 is 0 Å². The van der Waals surface area contributed by atoms with E-state index in [9.17, 15) is 8.78 Å². The van der Waals surface area contributed by atoms with Gasteiger partial charge in [0.2, 0.25) is 0 Å². The molecule has 0 aliphatic carbocycles. The van der Waals surface area contributed by atoms with Crippen LogP contribution in [0.5, 0.6) is 0 Å². The first-order valence-electron chi connectivity index (χ1n) is 12.7. The zero-order valence-electron chi connectivity index (χ0n) is 21.3. The van der Waals surface area contributed by atoms with Crippen LogP contribution in [0.1, 0.15) is 44.0 Å². The van der Waals surface area contributed by atoms with E-state index in [-0.39, 0.29) is 11.6 Å². The van der Waals surface area contributed by atoms with Crippen molar-refractivity contribution in [3.8, 4) is 5.69 Å². The van der Waals surface area contributed by atoms with E-state index in [1.165, 1.54) is 29.8 Å². The van der Waals surface area contributed by atoms with Crippen LogP contribution in [0, 0.1) is 11.6 Å². The molecule has 0 amide bonds. The van der Waals surface area contributed by atoms with Gasteiger partial charge in [-0.2, -0.15) is 5.10 Å². The van der Waals surface area contributed by atoms with Crippen molar-refractivity contribution in [2.45, 2.75) is 52.7 Å². The number of hydrogen-bond acceptors (Lipinski definition) is 4. The molecule has 0 bridgehead atoms. The van der Waals surface area contributed by atoms with Gasteiger partial charge in [0.05, 0.1) is 11.4 Å². The number of anilines is 1. The minimum atomic E-state index is -0.250. The number of aryl methyl sites for hydroxylation is 1. The molecule has 5 nitrogen and oxygen atoms in total. The van der Waals surface area contributed by atoms with Gasteiger partial charge >= 0.3 is 0 Å². The van der Waals surface area contributed by atoms with Crippen molar-refractivity contribution in [3.63, 3.8) is 0 Å². The number of rotatable bonds is 9. The first kappa shape index (κ1) is 25.3. The Kier molecular flexibility index (Phi) is 8.19. The van der Waals surface area contributed by atoms with Crippen LogP contribution in [0.25, 0.3) is 5.69 Å². The predicted octanol–water partition coefficient (Wildman–Crippen LogP) is 5.27. The Morgan fingerprint density at radius 2 is 1.49 bits per heavy atom. The highest BCUT2D eigenvalue weighted by Crippen LogP contribution is 2.31. The molecule has 1 aromatic heterocycles. The number of likely N-dealkylation sites (N-methyl/N-ethyl adjacent to an activating group) is 1. The van der Waals surface area contributed by atoms with Gasteiger partial charge in [-0.3, -0.25) is 4.90 Å². The number of hydrogen-bond donors (Lipinski definition) is 0. The molecular formula is C28H37F2N5. The lowest BCUT2D eigenvalue weighted by molar-refractivity contribution is 0.185. The van der Waals surface area contributed by atoms with Gasteiger partial charge in [0.1, 0.15) is 17.5 Å². The van der Waals surface area contributed by atoms with E-state index in [0.29, 0.717) is 6.04 Å². The molecule has 1 saturated heterocycles.